The van der Waals surface area contributed by atoms with E-state index < -0.39 is 5.97 Å². The molecule has 0 bridgehead atoms. The number of nitrogens with zero attached hydrogens (tertiary/aromatic N) is 3. The minimum absolute atomic E-state index is 0.0961. The summed E-state index contributed by atoms with van der Waals surface area (Å²) in [5.74, 6) is -0.707. The Morgan fingerprint density at radius 1 is 1.29 bits per heavy atom. The molecule has 1 heterocycles. The van der Waals surface area contributed by atoms with Gasteiger partial charge in [0.1, 0.15) is 6.33 Å². The fourth-order valence-corrected chi connectivity index (χ4v) is 2.87. The quantitative estimate of drug-likeness (QED) is 0.712. The summed E-state index contributed by atoms with van der Waals surface area (Å²) in [4.78, 5) is 22.6. The topological polar surface area (TPSA) is 97.1 Å². The first-order valence-electron chi connectivity index (χ1n) is 7.58. The van der Waals surface area contributed by atoms with Crippen LogP contribution in [0.15, 0.2) is 35.7 Å². The van der Waals surface area contributed by atoms with Gasteiger partial charge in [-0.3, -0.25) is 9.59 Å². The van der Waals surface area contributed by atoms with E-state index >= 15 is 0 Å². The van der Waals surface area contributed by atoms with E-state index in [2.05, 4.69) is 15.5 Å². The SMILES string of the molecule is CC(C)n1cnnc1SCC(=O)Nc1ccc(CCC(=O)O)cc1. The molecular formula is C16H20N4O3S. The van der Waals surface area contributed by atoms with Crippen molar-refractivity contribution >= 4 is 29.3 Å². The van der Waals surface area contributed by atoms with Crippen LogP contribution in [0.1, 0.15) is 31.9 Å². The second kappa shape index (κ2) is 8.49. The number of rotatable bonds is 8. The van der Waals surface area contributed by atoms with Crippen molar-refractivity contribution in [3.05, 3.63) is 36.2 Å². The molecule has 0 saturated carbocycles. The number of carbonyl (C=O) groups excluding carboxylic acids is 1. The van der Waals surface area contributed by atoms with E-state index in [4.69, 9.17) is 5.11 Å². The molecule has 0 aliphatic carbocycles. The molecule has 7 nitrogen and oxygen atoms in total. The molecule has 1 amide bonds. The van der Waals surface area contributed by atoms with Crippen LogP contribution >= 0.6 is 11.8 Å². The lowest BCUT2D eigenvalue weighted by Crippen LogP contribution is -2.14. The van der Waals surface area contributed by atoms with E-state index in [9.17, 15) is 9.59 Å². The fourth-order valence-electron chi connectivity index (χ4n) is 2.02. The number of anilines is 1. The molecule has 24 heavy (non-hydrogen) atoms. The van der Waals surface area contributed by atoms with Gasteiger partial charge in [0.05, 0.1) is 5.75 Å². The van der Waals surface area contributed by atoms with Crippen LogP contribution in [-0.4, -0.2) is 37.5 Å². The summed E-state index contributed by atoms with van der Waals surface area (Å²) in [5, 5.41) is 20.1. The smallest absolute Gasteiger partial charge is 0.303 e. The molecule has 0 fully saturated rings. The van der Waals surface area contributed by atoms with Crippen LogP contribution in [0.25, 0.3) is 0 Å². The number of nitrogens with one attached hydrogen (secondary N) is 1. The van der Waals surface area contributed by atoms with Crippen LogP contribution in [0.5, 0.6) is 0 Å². The van der Waals surface area contributed by atoms with E-state index in [1.807, 2.05) is 30.5 Å². The lowest BCUT2D eigenvalue weighted by molar-refractivity contribution is -0.137. The average molecular weight is 348 g/mol. The van der Waals surface area contributed by atoms with Crippen LogP contribution < -0.4 is 5.32 Å². The van der Waals surface area contributed by atoms with Crippen molar-refractivity contribution in [2.75, 3.05) is 11.1 Å². The predicted octanol–water partition coefficient (Wildman–Crippen LogP) is 2.61. The lowest BCUT2D eigenvalue weighted by atomic mass is 10.1. The summed E-state index contributed by atoms with van der Waals surface area (Å²) in [6.45, 7) is 4.05. The highest BCUT2D eigenvalue weighted by Crippen LogP contribution is 2.19. The van der Waals surface area contributed by atoms with Crippen molar-refractivity contribution in [2.24, 2.45) is 0 Å². The fraction of sp³-hybridized carbons (Fsp3) is 0.375. The minimum atomic E-state index is -0.821. The normalized spacial score (nSPS) is 10.8. The second-order valence-corrected chi connectivity index (χ2v) is 6.48. The first-order valence-corrected chi connectivity index (χ1v) is 8.57. The Hall–Kier alpha value is -2.35. The molecule has 2 aromatic rings. The third-order valence-corrected chi connectivity index (χ3v) is 4.25. The standard InChI is InChI=1S/C16H20N4O3S/c1-11(2)20-10-17-19-16(20)24-9-14(21)18-13-6-3-12(4-7-13)5-8-15(22)23/h3-4,6-7,10-11H,5,8-9H2,1-2H3,(H,18,21)(H,22,23). The summed E-state index contributed by atoms with van der Waals surface area (Å²) in [5.41, 5.74) is 1.61. The summed E-state index contributed by atoms with van der Waals surface area (Å²) in [6.07, 6.45) is 2.23. The van der Waals surface area contributed by atoms with Crippen molar-refractivity contribution in [1.82, 2.24) is 14.8 Å². The lowest BCUT2D eigenvalue weighted by Gasteiger charge is -2.09. The maximum Gasteiger partial charge on any atom is 0.303 e. The Labute approximate surface area is 144 Å². The minimum Gasteiger partial charge on any atom is -0.481 e. The van der Waals surface area contributed by atoms with Gasteiger partial charge in [0.2, 0.25) is 5.91 Å². The highest BCUT2D eigenvalue weighted by atomic mass is 32.2. The molecule has 0 spiro atoms. The van der Waals surface area contributed by atoms with Gasteiger partial charge in [-0.15, -0.1) is 10.2 Å². The number of aromatic nitrogens is 3. The number of carboxylic acids is 1. The van der Waals surface area contributed by atoms with E-state index in [0.29, 0.717) is 17.3 Å². The number of hydrogen-bond acceptors (Lipinski definition) is 5. The van der Waals surface area contributed by atoms with Crippen LogP contribution in [0.4, 0.5) is 5.69 Å². The summed E-state index contributed by atoms with van der Waals surface area (Å²) < 4.78 is 1.91. The molecule has 1 aromatic heterocycles. The third-order valence-electron chi connectivity index (χ3n) is 3.29. The first kappa shape index (κ1) is 18.0. The van der Waals surface area contributed by atoms with E-state index in [0.717, 1.165) is 5.56 Å². The van der Waals surface area contributed by atoms with Gasteiger partial charge < -0.3 is 15.0 Å². The molecular weight excluding hydrogens is 328 g/mol. The van der Waals surface area contributed by atoms with E-state index in [-0.39, 0.29) is 24.1 Å². The van der Waals surface area contributed by atoms with Crippen molar-refractivity contribution < 1.29 is 14.7 Å². The number of benzene rings is 1. The van der Waals surface area contributed by atoms with Crippen LogP contribution in [0.3, 0.4) is 0 Å². The van der Waals surface area contributed by atoms with E-state index in [1.165, 1.54) is 11.8 Å². The molecule has 0 aliphatic rings. The van der Waals surface area contributed by atoms with Crippen LogP contribution in [0.2, 0.25) is 0 Å². The number of carboxylic acid groups (broad SMARTS) is 1. The first-order chi connectivity index (χ1) is 11.5. The third kappa shape index (κ3) is 5.38. The summed E-state index contributed by atoms with van der Waals surface area (Å²) in [6, 6.07) is 7.43. The maximum absolute atomic E-state index is 12.0. The number of carbonyl (C=O) groups is 2. The van der Waals surface area contributed by atoms with Gasteiger partial charge in [-0.05, 0) is 38.0 Å². The van der Waals surface area contributed by atoms with Crippen molar-refractivity contribution in [2.45, 2.75) is 37.9 Å². The highest BCUT2D eigenvalue weighted by molar-refractivity contribution is 7.99. The summed E-state index contributed by atoms with van der Waals surface area (Å²) in [7, 11) is 0. The van der Waals surface area contributed by atoms with Crippen molar-refractivity contribution in [3.8, 4) is 0 Å². The monoisotopic (exact) mass is 348 g/mol. The Balaban J connectivity index is 1.83. The van der Waals surface area contributed by atoms with Gasteiger partial charge in [-0.2, -0.15) is 0 Å². The molecule has 0 unspecified atom stereocenters. The average Bonchev–Trinajstić information content (AvgIpc) is 3.01. The van der Waals surface area contributed by atoms with Gasteiger partial charge in [-0.25, -0.2) is 0 Å². The molecule has 128 valence electrons. The van der Waals surface area contributed by atoms with Gasteiger partial charge in [0, 0.05) is 18.2 Å². The van der Waals surface area contributed by atoms with Gasteiger partial charge in [0.15, 0.2) is 5.16 Å². The highest BCUT2D eigenvalue weighted by Gasteiger charge is 2.11. The van der Waals surface area contributed by atoms with Gasteiger partial charge in [-0.1, -0.05) is 23.9 Å². The van der Waals surface area contributed by atoms with E-state index in [1.54, 1.807) is 18.5 Å². The molecule has 2 rings (SSSR count). The Morgan fingerprint density at radius 3 is 2.62 bits per heavy atom. The summed E-state index contributed by atoms with van der Waals surface area (Å²) >= 11 is 1.34. The predicted molar refractivity (Wildman–Crippen MR) is 92.2 cm³/mol. The number of hydrogen-bond donors (Lipinski definition) is 2. The maximum atomic E-state index is 12.0. The zero-order valence-electron chi connectivity index (χ0n) is 13.6. The number of amides is 1. The van der Waals surface area contributed by atoms with Crippen molar-refractivity contribution in [3.63, 3.8) is 0 Å². The molecule has 2 N–H and O–H groups in total. The number of thioether (sulfide) groups is 1. The molecule has 0 saturated heterocycles. The molecule has 1 aromatic carbocycles. The molecule has 0 aliphatic heterocycles. The molecule has 0 radical (unpaired) electrons. The number of aliphatic carboxylic acids is 1. The molecule has 0 atom stereocenters. The molecule has 8 heteroatoms. The Kier molecular flexibility index (Phi) is 6.36. The van der Waals surface area contributed by atoms with Gasteiger partial charge >= 0.3 is 5.97 Å². The van der Waals surface area contributed by atoms with Crippen molar-refractivity contribution in [1.29, 1.82) is 0 Å². The second-order valence-electron chi connectivity index (χ2n) is 5.54. The number of aryl methyl sites for hydroxylation is 1. The largest absolute Gasteiger partial charge is 0.481 e. The Bertz CT molecular complexity index is 698. The van der Waals surface area contributed by atoms with Crippen LogP contribution in [0, 0.1) is 0 Å². The zero-order valence-corrected chi connectivity index (χ0v) is 14.4. The van der Waals surface area contributed by atoms with Gasteiger partial charge in [0.25, 0.3) is 0 Å². The zero-order chi connectivity index (χ0) is 17.5. The Morgan fingerprint density at radius 2 is 2.00 bits per heavy atom. The van der Waals surface area contributed by atoms with Crippen LogP contribution in [-0.2, 0) is 16.0 Å².